The number of hydrogen-bond donors (Lipinski definition) is 1. The van der Waals surface area contributed by atoms with Crippen molar-refractivity contribution in [1.82, 2.24) is 9.97 Å². The molecular weight excluding hydrogens is 306 g/mol. The molecule has 3 heterocycles. The van der Waals surface area contributed by atoms with Crippen molar-refractivity contribution in [3.8, 4) is 11.1 Å². The average molecular weight is 327 g/mol. The Hall–Kier alpha value is -2.81. The fraction of sp³-hybridized carbons (Fsp3) is 0.227. The van der Waals surface area contributed by atoms with Crippen LogP contribution in [0.1, 0.15) is 19.3 Å². The molecular formula is C22H21N3. The first-order chi connectivity index (χ1) is 12.4. The lowest BCUT2D eigenvalue weighted by Crippen LogP contribution is -2.30. The SMILES string of the molecule is c1cc2cc(-c3ccc4nc(N5CCCCC5)ccc4c3)ccc2[nH]1. The standard InChI is InChI=1S/C22H21N3/c1-2-12-25(13-3-1)22-9-6-18-14-17(5-8-21(18)24-22)16-4-7-20-19(15-16)10-11-23-20/h4-11,14-15,23H,1-3,12-13H2. The first-order valence-electron chi connectivity index (χ1n) is 9.10. The minimum absolute atomic E-state index is 1.08. The van der Waals surface area contributed by atoms with E-state index in [9.17, 15) is 0 Å². The Morgan fingerprint density at radius 1 is 0.760 bits per heavy atom. The molecule has 0 aliphatic carbocycles. The summed E-state index contributed by atoms with van der Waals surface area (Å²) in [6.07, 6.45) is 5.89. The molecule has 5 rings (SSSR count). The van der Waals surface area contributed by atoms with Gasteiger partial charge < -0.3 is 9.88 Å². The van der Waals surface area contributed by atoms with Gasteiger partial charge in [0.15, 0.2) is 0 Å². The second-order valence-electron chi connectivity index (χ2n) is 6.90. The number of hydrogen-bond acceptors (Lipinski definition) is 2. The molecule has 0 atom stereocenters. The lowest BCUT2D eigenvalue weighted by Gasteiger charge is -2.27. The van der Waals surface area contributed by atoms with E-state index in [-0.39, 0.29) is 0 Å². The van der Waals surface area contributed by atoms with E-state index in [1.807, 2.05) is 6.20 Å². The van der Waals surface area contributed by atoms with Crippen molar-refractivity contribution < 1.29 is 0 Å². The number of aromatic nitrogens is 2. The summed E-state index contributed by atoms with van der Waals surface area (Å²) in [6.45, 7) is 2.26. The number of nitrogens with one attached hydrogen (secondary N) is 1. The van der Waals surface area contributed by atoms with Gasteiger partial charge in [-0.1, -0.05) is 12.1 Å². The molecule has 1 fully saturated rings. The van der Waals surface area contributed by atoms with Gasteiger partial charge in [0.05, 0.1) is 5.52 Å². The van der Waals surface area contributed by atoms with Crippen molar-refractivity contribution >= 4 is 27.6 Å². The molecule has 1 aliphatic heterocycles. The topological polar surface area (TPSA) is 31.9 Å². The van der Waals surface area contributed by atoms with Crippen LogP contribution in [0.15, 0.2) is 60.8 Å². The molecule has 2 aromatic carbocycles. The van der Waals surface area contributed by atoms with E-state index in [2.05, 4.69) is 64.5 Å². The van der Waals surface area contributed by atoms with E-state index >= 15 is 0 Å². The fourth-order valence-electron chi connectivity index (χ4n) is 3.83. The Labute approximate surface area is 147 Å². The number of nitrogens with zero attached hydrogens (tertiary/aromatic N) is 2. The third-order valence-corrected chi connectivity index (χ3v) is 5.24. The van der Waals surface area contributed by atoms with Gasteiger partial charge in [-0.25, -0.2) is 4.98 Å². The second kappa shape index (κ2) is 5.92. The van der Waals surface area contributed by atoms with Gasteiger partial charge in [0, 0.05) is 30.2 Å². The van der Waals surface area contributed by atoms with Gasteiger partial charge in [0.25, 0.3) is 0 Å². The number of piperidine rings is 1. The summed E-state index contributed by atoms with van der Waals surface area (Å²) in [4.78, 5) is 10.6. The Morgan fingerprint density at radius 3 is 2.44 bits per heavy atom. The highest BCUT2D eigenvalue weighted by Gasteiger charge is 2.12. The summed E-state index contributed by atoms with van der Waals surface area (Å²) < 4.78 is 0. The number of H-pyrrole nitrogens is 1. The van der Waals surface area contributed by atoms with Crippen LogP contribution < -0.4 is 4.90 Å². The number of pyridine rings is 1. The smallest absolute Gasteiger partial charge is 0.129 e. The molecule has 0 amide bonds. The molecule has 0 radical (unpaired) electrons. The van der Waals surface area contributed by atoms with Crippen LogP contribution >= 0.6 is 0 Å². The van der Waals surface area contributed by atoms with Gasteiger partial charge >= 0.3 is 0 Å². The molecule has 0 bridgehead atoms. The van der Waals surface area contributed by atoms with E-state index in [1.54, 1.807) is 0 Å². The minimum atomic E-state index is 1.08. The average Bonchev–Trinajstić information content (AvgIpc) is 3.15. The van der Waals surface area contributed by atoms with Crippen LogP contribution in [0.25, 0.3) is 32.9 Å². The van der Waals surface area contributed by atoms with Crippen molar-refractivity contribution in [3.63, 3.8) is 0 Å². The maximum Gasteiger partial charge on any atom is 0.129 e. The van der Waals surface area contributed by atoms with E-state index in [0.29, 0.717) is 0 Å². The molecule has 124 valence electrons. The first-order valence-corrected chi connectivity index (χ1v) is 9.10. The summed E-state index contributed by atoms with van der Waals surface area (Å²) in [5.41, 5.74) is 4.74. The number of fused-ring (bicyclic) bond motifs is 2. The monoisotopic (exact) mass is 327 g/mol. The zero-order valence-electron chi connectivity index (χ0n) is 14.2. The molecule has 3 heteroatoms. The number of benzene rings is 2. The molecule has 0 saturated carbocycles. The highest BCUT2D eigenvalue weighted by Crippen LogP contribution is 2.28. The normalized spacial score (nSPS) is 15.1. The van der Waals surface area contributed by atoms with Crippen LogP contribution in [0.4, 0.5) is 5.82 Å². The van der Waals surface area contributed by atoms with Crippen LogP contribution in [0, 0.1) is 0 Å². The van der Waals surface area contributed by atoms with Crippen LogP contribution in [-0.4, -0.2) is 23.1 Å². The van der Waals surface area contributed by atoms with E-state index in [1.165, 1.54) is 46.7 Å². The van der Waals surface area contributed by atoms with Gasteiger partial charge in [0.1, 0.15) is 5.82 Å². The largest absolute Gasteiger partial charge is 0.361 e. The van der Waals surface area contributed by atoms with Crippen molar-refractivity contribution in [3.05, 3.63) is 60.8 Å². The number of anilines is 1. The molecule has 25 heavy (non-hydrogen) atoms. The predicted molar refractivity (Wildman–Crippen MR) is 105 cm³/mol. The lowest BCUT2D eigenvalue weighted by atomic mass is 10.0. The molecule has 1 N–H and O–H groups in total. The number of aromatic amines is 1. The molecule has 2 aromatic heterocycles. The quantitative estimate of drug-likeness (QED) is 0.536. The van der Waals surface area contributed by atoms with E-state index in [4.69, 9.17) is 4.98 Å². The lowest BCUT2D eigenvalue weighted by molar-refractivity contribution is 0.574. The Bertz CT molecular complexity index is 1040. The maximum absolute atomic E-state index is 4.90. The third kappa shape index (κ3) is 2.66. The Kier molecular flexibility index (Phi) is 3.44. The predicted octanol–water partition coefficient (Wildman–Crippen LogP) is 5.37. The van der Waals surface area contributed by atoms with E-state index in [0.717, 1.165) is 24.4 Å². The van der Waals surface area contributed by atoms with Crippen LogP contribution in [0.3, 0.4) is 0 Å². The summed E-state index contributed by atoms with van der Waals surface area (Å²) in [5.74, 6) is 1.12. The summed E-state index contributed by atoms with van der Waals surface area (Å²) in [5, 5.41) is 2.45. The zero-order chi connectivity index (χ0) is 16.6. The Morgan fingerprint density at radius 2 is 1.56 bits per heavy atom. The summed E-state index contributed by atoms with van der Waals surface area (Å²) in [6, 6.07) is 19.6. The highest BCUT2D eigenvalue weighted by molar-refractivity contribution is 5.89. The number of rotatable bonds is 2. The summed E-state index contributed by atoms with van der Waals surface area (Å²) in [7, 11) is 0. The molecule has 0 unspecified atom stereocenters. The molecule has 4 aromatic rings. The van der Waals surface area contributed by atoms with Crippen LogP contribution in [0.5, 0.6) is 0 Å². The summed E-state index contributed by atoms with van der Waals surface area (Å²) >= 11 is 0. The van der Waals surface area contributed by atoms with Gasteiger partial charge in [-0.3, -0.25) is 0 Å². The highest BCUT2D eigenvalue weighted by atomic mass is 15.2. The van der Waals surface area contributed by atoms with Gasteiger partial charge in [-0.05, 0) is 78.2 Å². The molecule has 3 nitrogen and oxygen atoms in total. The van der Waals surface area contributed by atoms with Crippen molar-refractivity contribution in [1.29, 1.82) is 0 Å². The van der Waals surface area contributed by atoms with Crippen LogP contribution in [0.2, 0.25) is 0 Å². The van der Waals surface area contributed by atoms with Gasteiger partial charge in [-0.2, -0.15) is 0 Å². The maximum atomic E-state index is 4.90. The minimum Gasteiger partial charge on any atom is -0.361 e. The molecule has 1 saturated heterocycles. The third-order valence-electron chi connectivity index (χ3n) is 5.24. The van der Waals surface area contributed by atoms with Gasteiger partial charge in [0.2, 0.25) is 0 Å². The Balaban J connectivity index is 1.52. The van der Waals surface area contributed by atoms with E-state index < -0.39 is 0 Å². The van der Waals surface area contributed by atoms with Gasteiger partial charge in [-0.15, -0.1) is 0 Å². The zero-order valence-corrected chi connectivity index (χ0v) is 14.2. The second-order valence-corrected chi connectivity index (χ2v) is 6.90. The first kappa shape index (κ1) is 14.5. The van der Waals surface area contributed by atoms with Crippen molar-refractivity contribution in [2.75, 3.05) is 18.0 Å². The van der Waals surface area contributed by atoms with Crippen LogP contribution in [-0.2, 0) is 0 Å². The van der Waals surface area contributed by atoms with Crippen molar-refractivity contribution in [2.45, 2.75) is 19.3 Å². The molecule has 0 spiro atoms. The van der Waals surface area contributed by atoms with Crippen molar-refractivity contribution in [2.24, 2.45) is 0 Å². The fourth-order valence-corrected chi connectivity index (χ4v) is 3.83. The molecule has 1 aliphatic rings.